The van der Waals surface area contributed by atoms with E-state index in [0.717, 1.165) is 30.0 Å². The van der Waals surface area contributed by atoms with Crippen LogP contribution in [0.2, 0.25) is 0 Å². The average Bonchev–Trinajstić information content (AvgIpc) is 3.11. The molecule has 0 radical (unpaired) electrons. The average molecular weight is 336 g/mol. The Labute approximate surface area is 140 Å². The molecule has 1 amide bonds. The number of hydrogen-bond acceptors (Lipinski definition) is 6. The number of unbranched alkanes of at least 4 members (excludes halogenated alkanes) is 1. The third-order valence-corrected chi connectivity index (χ3v) is 4.37. The van der Waals surface area contributed by atoms with E-state index in [-0.39, 0.29) is 18.0 Å². The molecular formula is C16H24N4O2S. The number of nitrogens with one attached hydrogen (secondary N) is 2. The number of rotatable bonds is 8. The molecule has 2 rings (SSSR count). The molecule has 2 atom stereocenters. The van der Waals surface area contributed by atoms with Crippen LogP contribution in [0.15, 0.2) is 16.0 Å². The largest absolute Gasteiger partial charge is 0.360 e. The summed E-state index contributed by atoms with van der Waals surface area (Å²) in [5.41, 5.74) is 0.971. The number of amides is 1. The van der Waals surface area contributed by atoms with Crippen molar-refractivity contribution < 1.29 is 9.32 Å². The van der Waals surface area contributed by atoms with E-state index >= 15 is 0 Å². The van der Waals surface area contributed by atoms with Crippen LogP contribution in [0.4, 0.5) is 5.82 Å². The molecule has 6 nitrogen and oxygen atoms in total. The van der Waals surface area contributed by atoms with Crippen LogP contribution >= 0.6 is 11.3 Å². The summed E-state index contributed by atoms with van der Waals surface area (Å²) < 4.78 is 4.99. The number of aryl methyl sites for hydroxylation is 2. The highest BCUT2D eigenvalue weighted by atomic mass is 32.1. The van der Waals surface area contributed by atoms with Gasteiger partial charge < -0.3 is 9.84 Å². The van der Waals surface area contributed by atoms with Gasteiger partial charge >= 0.3 is 0 Å². The van der Waals surface area contributed by atoms with Gasteiger partial charge in [-0.15, -0.1) is 11.3 Å². The normalized spacial score (nSPS) is 13.7. The predicted octanol–water partition coefficient (Wildman–Crippen LogP) is 3.60. The molecule has 2 heterocycles. The Kier molecular flexibility index (Phi) is 6.29. The van der Waals surface area contributed by atoms with Crippen molar-refractivity contribution in [3.63, 3.8) is 0 Å². The summed E-state index contributed by atoms with van der Waals surface area (Å²) in [6.07, 6.45) is 2.79. The molecule has 0 fully saturated rings. The number of carbonyl (C=O) groups is 1. The van der Waals surface area contributed by atoms with Crippen LogP contribution in [-0.2, 0) is 4.79 Å². The molecule has 0 unspecified atom stereocenters. The lowest BCUT2D eigenvalue weighted by Crippen LogP contribution is -2.42. The molecule has 2 aromatic heterocycles. The van der Waals surface area contributed by atoms with Gasteiger partial charge in [0.25, 0.3) is 0 Å². The van der Waals surface area contributed by atoms with Crippen LogP contribution in [0.3, 0.4) is 0 Å². The Morgan fingerprint density at radius 2 is 2.22 bits per heavy atom. The fourth-order valence-electron chi connectivity index (χ4n) is 2.30. The number of thiazole rings is 1. The standard InChI is InChI=1S/C16H24N4O2S/c1-5-6-7-13(16(21)19-15-8-10(2)22-20-15)17-11(3)14-9-23-12(4)18-14/h8-9,11,13,17H,5-7H2,1-4H3,(H,19,20,21)/t11-,13+/m0/s1. The van der Waals surface area contributed by atoms with Gasteiger partial charge in [-0.1, -0.05) is 24.9 Å². The lowest BCUT2D eigenvalue weighted by atomic mass is 10.1. The van der Waals surface area contributed by atoms with E-state index in [2.05, 4.69) is 27.7 Å². The van der Waals surface area contributed by atoms with Gasteiger partial charge in [0.05, 0.1) is 16.7 Å². The van der Waals surface area contributed by atoms with Gasteiger partial charge in [0, 0.05) is 17.5 Å². The second-order valence-corrected chi connectivity index (χ2v) is 6.75. The predicted molar refractivity (Wildman–Crippen MR) is 91.6 cm³/mol. The van der Waals surface area contributed by atoms with Crippen molar-refractivity contribution in [2.45, 2.75) is 59.0 Å². The Morgan fingerprint density at radius 3 is 2.78 bits per heavy atom. The van der Waals surface area contributed by atoms with E-state index in [1.54, 1.807) is 24.3 Å². The lowest BCUT2D eigenvalue weighted by molar-refractivity contribution is -0.118. The quantitative estimate of drug-likeness (QED) is 0.770. The third-order valence-electron chi connectivity index (χ3n) is 3.57. The van der Waals surface area contributed by atoms with Crippen molar-refractivity contribution in [1.82, 2.24) is 15.5 Å². The first-order valence-electron chi connectivity index (χ1n) is 7.91. The van der Waals surface area contributed by atoms with Gasteiger partial charge in [-0.3, -0.25) is 10.1 Å². The van der Waals surface area contributed by atoms with Crippen LogP contribution in [0.5, 0.6) is 0 Å². The first kappa shape index (κ1) is 17.6. The Morgan fingerprint density at radius 1 is 1.43 bits per heavy atom. The summed E-state index contributed by atoms with van der Waals surface area (Å²) in [7, 11) is 0. The summed E-state index contributed by atoms with van der Waals surface area (Å²) in [5.74, 6) is 1.03. The van der Waals surface area contributed by atoms with Crippen molar-refractivity contribution in [2.24, 2.45) is 0 Å². The van der Waals surface area contributed by atoms with Gasteiger partial charge in [-0.2, -0.15) is 0 Å². The highest BCUT2D eigenvalue weighted by Crippen LogP contribution is 2.18. The Bertz CT molecular complexity index is 638. The molecule has 7 heteroatoms. The summed E-state index contributed by atoms with van der Waals surface area (Å²) in [6.45, 7) is 7.92. The van der Waals surface area contributed by atoms with Crippen molar-refractivity contribution in [1.29, 1.82) is 0 Å². The highest BCUT2D eigenvalue weighted by Gasteiger charge is 2.22. The zero-order valence-corrected chi connectivity index (χ0v) is 14.9. The molecule has 0 aliphatic heterocycles. The molecule has 2 aromatic rings. The summed E-state index contributed by atoms with van der Waals surface area (Å²) >= 11 is 1.62. The molecule has 0 bridgehead atoms. The van der Waals surface area contributed by atoms with Gasteiger partial charge in [0.2, 0.25) is 5.91 Å². The van der Waals surface area contributed by atoms with Crippen molar-refractivity contribution in [3.05, 3.63) is 27.9 Å². The van der Waals surface area contributed by atoms with E-state index < -0.39 is 0 Å². The molecular weight excluding hydrogens is 312 g/mol. The molecule has 126 valence electrons. The molecule has 0 aliphatic carbocycles. The third kappa shape index (κ3) is 5.14. The monoisotopic (exact) mass is 336 g/mol. The number of anilines is 1. The van der Waals surface area contributed by atoms with Crippen LogP contribution in [-0.4, -0.2) is 22.1 Å². The minimum Gasteiger partial charge on any atom is -0.360 e. The summed E-state index contributed by atoms with van der Waals surface area (Å²) in [4.78, 5) is 17.0. The smallest absolute Gasteiger partial charge is 0.242 e. The fourth-order valence-corrected chi connectivity index (χ4v) is 3.01. The molecule has 0 aromatic carbocycles. The Hall–Kier alpha value is -1.73. The molecule has 23 heavy (non-hydrogen) atoms. The first-order valence-corrected chi connectivity index (χ1v) is 8.79. The number of aromatic nitrogens is 2. The van der Waals surface area contributed by atoms with E-state index in [9.17, 15) is 4.79 Å². The molecule has 0 aliphatic rings. The topological polar surface area (TPSA) is 80.0 Å². The molecule has 2 N–H and O–H groups in total. The van der Waals surface area contributed by atoms with E-state index in [1.807, 2.05) is 19.2 Å². The van der Waals surface area contributed by atoms with Gasteiger partial charge in [-0.05, 0) is 27.2 Å². The van der Waals surface area contributed by atoms with Gasteiger partial charge in [-0.25, -0.2) is 4.98 Å². The van der Waals surface area contributed by atoms with Gasteiger partial charge in [0.1, 0.15) is 5.76 Å². The van der Waals surface area contributed by atoms with Crippen molar-refractivity contribution in [3.8, 4) is 0 Å². The zero-order valence-electron chi connectivity index (χ0n) is 14.0. The minimum absolute atomic E-state index is 0.0200. The van der Waals surface area contributed by atoms with E-state index in [1.165, 1.54) is 0 Å². The maximum absolute atomic E-state index is 12.5. The second kappa shape index (κ2) is 8.21. The zero-order chi connectivity index (χ0) is 16.8. The van der Waals surface area contributed by atoms with Crippen LogP contribution in [0.25, 0.3) is 0 Å². The maximum atomic E-state index is 12.5. The van der Waals surface area contributed by atoms with Crippen LogP contribution < -0.4 is 10.6 Å². The number of carbonyl (C=O) groups excluding carboxylic acids is 1. The molecule has 0 saturated carbocycles. The maximum Gasteiger partial charge on any atom is 0.242 e. The van der Waals surface area contributed by atoms with E-state index in [0.29, 0.717) is 11.6 Å². The SMILES string of the molecule is CCCC[C@@H](N[C@@H](C)c1csc(C)n1)C(=O)Nc1cc(C)on1. The first-order chi connectivity index (χ1) is 11.0. The minimum atomic E-state index is -0.288. The van der Waals surface area contributed by atoms with Crippen LogP contribution in [0.1, 0.15) is 55.6 Å². The lowest BCUT2D eigenvalue weighted by Gasteiger charge is -2.21. The summed E-state index contributed by atoms with van der Waals surface area (Å²) in [6, 6.07) is 1.44. The van der Waals surface area contributed by atoms with Crippen molar-refractivity contribution in [2.75, 3.05) is 5.32 Å². The number of hydrogen-bond donors (Lipinski definition) is 2. The molecule has 0 spiro atoms. The second-order valence-electron chi connectivity index (χ2n) is 5.69. The molecule has 0 saturated heterocycles. The Balaban J connectivity index is 2.01. The fraction of sp³-hybridized carbons (Fsp3) is 0.562. The number of nitrogens with zero attached hydrogens (tertiary/aromatic N) is 2. The van der Waals surface area contributed by atoms with Crippen molar-refractivity contribution >= 4 is 23.1 Å². The van der Waals surface area contributed by atoms with Gasteiger partial charge in [0.15, 0.2) is 5.82 Å². The van der Waals surface area contributed by atoms with E-state index in [4.69, 9.17) is 4.52 Å². The summed E-state index contributed by atoms with van der Waals surface area (Å²) in [5, 5.41) is 13.1. The van der Waals surface area contributed by atoms with Crippen LogP contribution in [0, 0.1) is 13.8 Å². The highest BCUT2D eigenvalue weighted by molar-refractivity contribution is 7.09.